The molecule has 0 bridgehead atoms. The highest BCUT2D eigenvalue weighted by molar-refractivity contribution is 5.85. The average Bonchev–Trinajstić information content (AvgIpc) is 2.75. The molecule has 2 N–H and O–H groups in total. The lowest BCUT2D eigenvalue weighted by molar-refractivity contribution is 0.131. The topological polar surface area (TPSA) is 34.2 Å². The normalized spacial score (nSPS) is 20.2. The summed E-state index contributed by atoms with van der Waals surface area (Å²) in [5.74, 6) is 0. The Bertz CT molecular complexity index is 573. The first-order valence-corrected chi connectivity index (χ1v) is 8.19. The number of nitrogens with zero attached hydrogens (tertiary/aromatic N) is 2. The van der Waals surface area contributed by atoms with Crippen molar-refractivity contribution >= 4 is 10.9 Å². The van der Waals surface area contributed by atoms with Gasteiger partial charge in [-0.3, -0.25) is 4.90 Å². The molecule has 0 spiro atoms. The number of aryl methyl sites for hydroxylation is 2. The van der Waals surface area contributed by atoms with Crippen molar-refractivity contribution < 1.29 is 0 Å². The Morgan fingerprint density at radius 2 is 2.05 bits per heavy atom. The molecule has 1 aliphatic heterocycles. The number of piperidine rings is 1. The molecule has 1 unspecified atom stereocenters. The Morgan fingerprint density at radius 1 is 1.24 bits per heavy atom. The van der Waals surface area contributed by atoms with E-state index in [4.69, 9.17) is 5.73 Å². The lowest BCUT2D eigenvalue weighted by Gasteiger charge is -2.36. The van der Waals surface area contributed by atoms with Crippen LogP contribution in [0.3, 0.4) is 0 Å². The largest absolute Gasteiger partial charge is 0.346 e. The molecule has 3 heteroatoms. The summed E-state index contributed by atoms with van der Waals surface area (Å²) in [7, 11) is 2.20. The van der Waals surface area contributed by atoms with Crippen LogP contribution in [0.25, 0.3) is 10.9 Å². The molecule has 0 saturated carbocycles. The zero-order valence-electron chi connectivity index (χ0n) is 13.3. The van der Waals surface area contributed by atoms with Crippen LogP contribution in [0.2, 0.25) is 0 Å². The number of nitrogens with two attached hydrogens (primary N) is 1. The highest BCUT2D eigenvalue weighted by atomic mass is 15.2. The number of benzene rings is 1. The summed E-state index contributed by atoms with van der Waals surface area (Å²) in [6.45, 7) is 5.34. The van der Waals surface area contributed by atoms with Gasteiger partial charge in [0.1, 0.15) is 0 Å². The van der Waals surface area contributed by atoms with Crippen LogP contribution in [0, 0.1) is 6.92 Å². The van der Waals surface area contributed by atoms with Crippen molar-refractivity contribution in [2.75, 3.05) is 13.1 Å². The molecule has 0 aliphatic carbocycles. The van der Waals surface area contributed by atoms with E-state index in [9.17, 15) is 0 Å². The van der Waals surface area contributed by atoms with Crippen molar-refractivity contribution in [2.24, 2.45) is 12.8 Å². The summed E-state index contributed by atoms with van der Waals surface area (Å²) in [4.78, 5) is 2.65. The second-order valence-corrected chi connectivity index (χ2v) is 6.35. The number of aromatic nitrogens is 1. The van der Waals surface area contributed by atoms with E-state index in [1.54, 1.807) is 0 Å². The molecule has 1 atom stereocenters. The van der Waals surface area contributed by atoms with Gasteiger partial charge in [-0.05, 0) is 50.9 Å². The summed E-state index contributed by atoms with van der Waals surface area (Å²) in [5, 5.41) is 1.39. The first kappa shape index (κ1) is 14.6. The molecule has 1 aromatic heterocycles. The molecule has 0 radical (unpaired) electrons. The van der Waals surface area contributed by atoms with E-state index in [1.807, 2.05) is 0 Å². The molecule has 1 saturated heterocycles. The number of rotatable bonds is 4. The standard InChI is InChI=1S/C18H27N3/c1-14-16-8-3-4-9-17(16)20(2)18(14)13-21-12-6-5-7-15(21)10-11-19/h3-4,8-9,15H,5-7,10-13,19H2,1-2H3. The van der Waals surface area contributed by atoms with Gasteiger partial charge in [0.05, 0.1) is 0 Å². The summed E-state index contributed by atoms with van der Waals surface area (Å²) >= 11 is 0. The molecule has 3 nitrogen and oxygen atoms in total. The quantitative estimate of drug-likeness (QED) is 0.936. The maximum atomic E-state index is 5.80. The minimum Gasteiger partial charge on any atom is -0.346 e. The molecule has 114 valence electrons. The van der Waals surface area contributed by atoms with Crippen LogP contribution in [0.1, 0.15) is 36.9 Å². The van der Waals surface area contributed by atoms with E-state index in [2.05, 4.69) is 47.7 Å². The van der Waals surface area contributed by atoms with E-state index in [-0.39, 0.29) is 0 Å². The fraction of sp³-hybridized carbons (Fsp3) is 0.556. The van der Waals surface area contributed by atoms with Crippen molar-refractivity contribution in [3.63, 3.8) is 0 Å². The monoisotopic (exact) mass is 285 g/mol. The van der Waals surface area contributed by atoms with Gasteiger partial charge in [-0.2, -0.15) is 0 Å². The van der Waals surface area contributed by atoms with Gasteiger partial charge in [-0.15, -0.1) is 0 Å². The van der Waals surface area contributed by atoms with Crippen molar-refractivity contribution in [2.45, 2.75) is 45.2 Å². The summed E-state index contributed by atoms with van der Waals surface area (Å²) < 4.78 is 2.37. The number of fused-ring (bicyclic) bond motifs is 1. The molecule has 3 rings (SSSR count). The van der Waals surface area contributed by atoms with E-state index in [0.717, 1.165) is 19.5 Å². The Kier molecular flexibility index (Phi) is 4.32. The van der Waals surface area contributed by atoms with Gasteiger partial charge in [0.15, 0.2) is 0 Å². The Morgan fingerprint density at radius 3 is 2.81 bits per heavy atom. The molecule has 1 aromatic carbocycles. The van der Waals surface area contributed by atoms with Gasteiger partial charge in [0.25, 0.3) is 0 Å². The van der Waals surface area contributed by atoms with Gasteiger partial charge in [-0.1, -0.05) is 24.6 Å². The lowest BCUT2D eigenvalue weighted by atomic mass is 9.99. The van der Waals surface area contributed by atoms with Crippen molar-refractivity contribution in [1.29, 1.82) is 0 Å². The van der Waals surface area contributed by atoms with Gasteiger partial charge in [0.2, 0.25) is 0 Å². The van der Waals surface area contributed by atoms with Crippen LogP contribution in [-0.2, 0) is 13.6 Å². The van der Waals surface area contributed by atoms with Crippen LogP contribution in [0.4, 0.5) is 0 Å². The van der Waals surface area contributed by atoms with E-state index >= 15 is 0 Å². The predicted octanol–water partition coefficient (Wildman–Crippen LogP) is 3.19. The molecule has 1 aliphatic rings. The van der Waals surface area contributed by atoms with E-state index in [1.165, 1.54) is 48.0 Å². The molecular weight excluding hydrogens is 258 g/mol. The first-order valence-electron chi connectivity index (χ1n) is 8.19. The van der Waals surface area contributed by atoms with Crippen LogP contribution < -0.4 is 5.73 Å². The third-order valence-electron chi connectivity index (χ3n) is 5.11. The average molecular weight is 285 g/mol. The Labute approximate surface area is 127 Å². The zero-order chi connectivity index (χ0) is 14.8. The third kappa shape index (κ3) is 2.72. The Balaban J connectivity index is 1.90. The number of hydrogen-bond acceptors (Lipinski definition) is 2. The smallest absolute Gasteiger partial charge is 0.0483 e. The molecular formula is C18H27N3. The number of hydrogen-bond donors (Lipinski definition) is 1. The van der Waals surface area contributed by atoms with Crippen molar-refractivity contribution in [3.05, 3.63) is 35.5 Å². The van der Waals surface area contributed by atoms with Gasteiger partial charge in [0, 0.05) is 36.2 Å². The van der Waals surface area contributed by atoms with Crippen LogP contribution in [0.15, 0.2) is 24.3 Å². The zero-order valence-corrected chi connectivity index (χ0v) is 13.3. The predicted molar refractivity (Wildman–Crippen MR) is 89.4 cm³/mol. The van der Waals surface area contributed by atoms with E-state index in [0.29, 0.717) is 6.04 Å². The van der Waals surface area contributed by atoms with Gasteiger partial charge in [-0.25, -0.2) is 0 Å². The molecule has 2 aromatic rings. The minimum absolute atomic E-state index is 0.668. The van der Waals surface area contributed by atoms with Crippen LogP contribution in [0.5, 0.6) is 0 Å². The number of likely N-dealkylation sites (tertiary alicyclic amines) is 1. The number of para-hydroxylation sites is 1. The molecule has 1 fully saturated rings. The van der Waals surface area contributed by atoms with Crippen molar-refractivity contribution in [1.82, 2.24) is 9.47 Å². The summed E-state index contributed by atoms with van der Waals surface area (Å²) in [6.07, 6.45) is 5.11. The Hall–Kier alpha value is -1.32. The fourth-order valence-electron chi connectivity index (χ4n) is 3.84. The maximum absolute atomic E-state index is 5.80. The highest BCUT2D eigenvalue weighted by Crippen LogP contribution is 2.28. The second-order valence-electron chi connectivity index (χ2n) is 6.35. The highest BCUT2D eigenvalue weighted by Gasteiger charge is 2.23. The first-order chi connectivity index (χ1) is 10.2. The molecule has 21 heavy (non-hydrogen) atoms. The second kappa shape index (κ2) is 6.20. The lowest BCUT2D eigenvalue weighted by Crippen LogP contribution is -2.40. The fourth-order valence-corrected chi connectivity index (χ4v) is 3.84. The third-order valence-corrected chi connectivity index (χ3v) is 5.11. The summed E-state index contributed by atoms with van der Waals surface area (Å²) in [5.41, 5.74) is 10.0. The van der Waals surface area contributed by atoms with E-state index < -0.39 is 0 Å². The molecule has 2 heterocycles. The SMILES string of the molecule is Cc1c(CN2CCCCC2CCN)n(C)c2ccccc12. The van der Waals surface area contributed by atoms with Crippen LogP contribution >= 0.6 is 0 Å². The van der Waals surface area contributed by atoms with Gasteiger partial charge >= 0.3 is 0 Å². The summed E-state index contributed by atoms with van der Waals surface area (Å²) in [6, 6.07) is 9.39. The van der Waals surface area contributed by atoms with Gasteiger partial charge < -0.3 is 10.3 Å². The van der Waals surface area contributed by atoms with Crippen LogP contribution in [-0.4, -0.2) is 28.6 Å². The van der Waals surface area contributed by atoms with Crippen molar-refractivity contribution in [3.8, 4) is 0 Å². The minimum atomic E-state index is 0.668. The molecule has 0 amide bonds. The maximum Gasteiger partial charge on any atom is 0.0483 e.